The molecule has 0 saturated carbocycles. The summed E-state index contributed by atoms with van der Waals surface area (Å²) in [7, 11) is 1.87. The van der Waals surface area contributed by atoms with Crippen molar-refractivity contribution in [1.82, 2.24) is 4.57 Å². The molecule has 3 aromatic rings. The van der Waals surface area contributed by atoms with E-state index in [0.29, 0.717) is 11.3 Å². The van der Waals surface area contributed by atoms with E-state index in [0.717, 1.165) is 29.7 Å². The number of piperidine rings is 1. The minimum atomic E-state index is -0.614. The van der Waals surface area contributed by atoms with Gasteiger partial charge >= 0.3 is 0 Å². The van der Waals surface area contributed by atoms with Gasteiger partial charge < -0.3 is 14.8 Å². The van der Waals surface area contributed by atoms with Crippen LogP contribution < -0.4 is 10.2 Å². The van der Waals surface area contributed by atoms with Crippen LogP contribution in [0.5, 0.6) is 0 Å². The van der Waals surface area contributed by atoms with Gasteiger partial charge in [0.1, 0.15) is 0 Å². The lowest BCUT2D eigenvalue weighted by molar-refractivity contribution is -0.112. The molecule has 1 aromatic heterocycles. The second-order valence-electron chi connectivity index (χ2n) is 7.05. The van der Waals surface area contributed by atoms with Gasteiger partial charge in [0.2, 0.25) is 0 Å². The highest BCUT2D eigenvalue weighted by Gasteiger charge is 2.21. The molecule has 0 unspecified atom stereocenters. The molecule has 1 N–H and O–H groups in total. The Morgan fingerprint density at radius 1 is 0.926 bits per heavy atom. The molecule has 0 spiro atoms. The summed E-state index contributed by atoms with van der Waals surface area (Å²) in [6, 6.07) is 15.3. The number of rotatable bonds is 4. The number of aryl methyl sites for hydroxylation is 1. The van der Waals surface area contributed by atoms with Crippen LogP contribution in [0, 0.1) is 0 Å². The molecule has 0 atom stereocenters. The predicted molar refractivity (Wildman–Crippen MR) is 108 cm³/mol. The van der Waals surface area contributed by atoms with Gasteiger partial charge in [-0.15, -0.1) is 0 Å². The van der Waals surface area contributed by atoms with Gasteiger partial charge in [0, 0.05) is 48.6 Å². The minimum absolute atomic E-state index is 0.426. The number of carbonyl (C=O) groups is 2. The third-order valence-corrected chi connectivity index (χ3v) is 5.19. The van der Waals surface area contributed by atoms with Crippen molar-refractivity contribution in [3.63, 3.8) is 0 Å². The number of carbonyl (C=O) groups excluding carboxylic acids is 2. The first-order chi connectivity index (χ1) is 13.1. The molecule has 27 heavy (non-hydrogen) atoms. The van der Waals surface area contributed by atoms with Crippen LogP contribution in [0.3, 0.4) is 0 Å². The molecule has 5 nitrogen and oxygen atoms in total. The zero-order chi connectivity index (χ0) is 18.8. The molecule has 138 valence electrons. The molecular weight excluding hydrogens is 338 g/mol. The summed E-state index contributed by atoms with van der Waals surface area (Å²) in [5.41, 5.74) is 3.15. The van der Waals surface area contributed by atoms with Crippen LogP contribution in [0.25, 0.3) is 10.9 Å². The number of fused-ring (bicyclic) bond motifs is 1. The van der Waals surface area contributed by atoms with Gasteiger partial charge in [-0.2, -0.15) is 0 Å². The second-order valence-corrected chi connectivity index (χ2v) is 7.05. The summed E-state index contributed by atoms with van der Waals surface area (Å²) < 4.78 is 1.86. The van der Waals surface area contributed by atoms with Gasteiger partial charge in [0.05, 0.1) is 5.56 Å². The van der Waals surface area contributed by atoms with E-state index >= 15 is 0 Å². The number of para-hydroxylation sites is 1. The topological polar surface area (TPSA) is 54.3 Å². The van der Waals surface area contributed by atoms with Crippen molar-refractivity contribution in [1.29, 1.82) is 0 Å². The molecular formula is C22H23N3O2. The maximum Gasteiger partial charge on any atom is 0.296 e. The second kappa shape index (κ2) is 7.27. The predicted octanol–water partition coefficient (Wildman–Crippen LogP) is 3.99. The molecule has 1 aliphatic rings. The molecule has 4 rings (SSSR count). The lowest BCUT2D eigenvalue weighted by atomic mass is 10.1. The standard InChI is InChI=1S/C22H23N3O2/c1-24-15-19(18-7-3-4-8-20(18)24)21(26)22(27)23-16-9-11-17(12-10-16)25-13-5-2-6-14-25/h3-4,7-12,15H,2,5-6,13-14H2,1H3,(H,23,27). The van der Waals surface area contributed by atoms with E-state index in [9.17, 15) is 9.59 Å². The molecule has 5 heteroatoms. The number of aromatic nitrogens is 1. The number of amides is 1. The Hall–Kier alpha value is -3.08. The van der Waals surface area contributed by atoms with Crippen molar-refractivity contribution in [2.45, 2.75) is 19.3 Å². The van der Waals surface area contributed by atoms with Crippen molar-refractivity contribution in [2.75, 3.05) is 23.3 Å². The fourth-order valence-corrected chi connectivity index (χ4v) is 3.74. The Morgan fingerprint density at radius 2 is 1.63 bits per heavy atom. The smallest absolute Gasteiger partial charge is 0.296 e. The number of Topliss-reactive ketones (excluding diaryl/α,β-unsaturated/α-hetero) is 1. The van der Waals surface area contributed by atoms with Crippen LogP contribution in [-0.4, -0.2) is 29.3 Å². The molecule has 1 fully saturated rings. The summed E-state index contributed by atoms with van der Waals surface area (Å²) in [6.07, 6.45) is 5.45. The van der Waals surface area contributed by atoms with Gasteiger partial charge in [-0.3, -0.25) is 9.59 Å². The van der Waals surface area contributed by atoms with E-state index < -0.39 is 11.7 Å². The Kier molecular flexibility index (Phi) is 4.67. The first-order valence-electron chi connectivity index (χ1n) is 9.38. The van der Waals surface area contributed by atoms with Crippen molar-refractivity contribution < 1.29 is 9.59 Å². The zero-order valence-corrected chi connectivity index (χ0v) is 15.4. The summed E-state index contributed by atoms with van der Waals surface area (Å²) in [5.74, 6) is -1.14. The molecule has 2 aromatic carbocycles. The molecule has 0 aliphatic carbocycles. The number of ketones is 1. The van der Waals surface area contributed by atoms with Crippen LogP contribution in [0.4, 0.5) is 11.4 Å². The highest BCUT2D eigenvalue weighted by molar-refractivity contribution is 6.48. The fraction of sp³-hybridized carbons (Fsp3) is 0.273. The largest absolute Gasteiger partial charge is 0.372 e. The minimum Gasteiger partial charge on any atom is -0.372 e. The van der Waals surface area contributed by atoms with E-state index in [-0.39, 0.29) is 0 Å². The number of nitrogens with zero attached hydrogens (tertiary/aromatic N) is 2. The van der Waals surface area contributed by atoms with E-state index in [1.54, 1.807) is 6.20 Å². The van der Waals surface area contributed by atoms with Crippen molar-refractivity contribution in [3.05, 3.63) is 60.3 Å². The summed E-state index contributed by atoms with van der Waals surface area (Å²) in [6.45, 7) is 2.15. The third kappa shape index (κ3) is 3.45. The van der Waals surface area contributed by atoms with Crippen LogP contribution in [0.1, 0.15) is 29.6 Å². The third-order valence-electron chi connectivity index (χ3n) is 5.19. The van der Waals surface area contributed by atoms with Crippen molar-refractivity contribution >= 4 is 34.0 Å². The van der Waals surface area contributed by atoms with Gasteiger partial charge in [-0.25, -0.2) is 0 Å². The number of nitrogens with one attached hydrogen (secondary N) is 1. The van der Waals surface area contributed by atoms with Crippen LogP contribution in [-0.2, 0) is 11.8 Å². The number of hydrogen-bond donors (Lipinski definition) is 1. The Morgan fingerprint density at radius 3 is 2.37 bits per heavy atom. The molecule has 2 heterocycles. The first kappa shape index (κ1) is 17.3. The number of anilines is 2. The summed E-state index contributed by atoms with van der Waals surface area (Å²) in [5, 5.41) is 3.52. The zero-order valence-electron chi connectivity index (χ0n) is 15.4. The molecule has 1 saturated heterocycles. The van der Waals surface area contributed by atoms with Gasteiger partial charge in [0.15, 0.2) is 0 Å². The van der Waals surface area contributed by atoms with Crippen molar-refractivity contribution in [2.24, 2.45) is 7.05 Å². The Balaban J connectivity index is 1.49. The van der Waals surface area contributed by atoms with E-state index in [1.165, 1.54) is 19.3 Å². The van der Waals surface area contributed by atoms with Gasteiger partial charge in [-0.05, 0) is 49.6 Å². The van der Waals surface area contributed by atoms with Gasteiger partial charge in [0.25, 0.3) is 11.7 Å². The maximum atomic E-state index is 12.7. The highest BCUT2D eigenvalue weighted by Crippen LogP contribution is 2.23. The summed E-state index contributed by atoms with van der Waals surface area (Å²) in [4.78, 5) is 27.5. The molecule has 1 aliphatic heterocycles. The quantitative estimate of drug-likeness (QED) is 0.565. The van der Waals surface area contributed by atoms with Crippen LogP contribution >= 0.6 is 0 Å². The average molecular weight is 361 g/mol. The molecule has 0 radical (unpaired) electrons. The lowest BCUT2D eigenvalue weighted by Crippen LogP contribution is -2.29. The number of hydrogen-bond acceptors (Lipinski definition) is 3. The van der Waals surface area contributed by atoms with Crippen LogP contribution in [0.2, 0.25) is 0 Å². The molecule has 0 bridgehead atoms. The SMILES string of the molecule is Cn1cc(C(=O)C(=O)Nc2ccc(N3CCCCC3)cc2)c2ccccc21. The normalized spacial score (nSPS) is 14.3. The monoisotopic (exact) mass is 361 g/mol. The van der Waals surface area contributed by atoms with E-state index in [2.05, 4.69) is 10.2 Å². The first-order valence-corrected chi connectivity index (χ1v) is 9.38. The molecule has 1 amide bonds. The lowest BCUT2D eigenvalue weighted by Gasteiger charge is -2.28. The number of benzene rings is 2. The van der Waals surface area contributed by atoms with E-state index in [1.807, 2.05) is 60.1 Å². The summed E-state index contributed by atoms with van der Waals surface area (Å²) >= 11 is 0. The maximum absolute atomic E-state index is 12.7. The van der Waals surface area contributed by atoms with E-state index in [4.69, 9.17) is 0 Å². The fourth-order valence-electron chi connectivity index (χ4n) is 3.74. The highest BCUT2D eigenvalue weighted by atomic mass is 16.2. The van der Waals surface area contributed by atoms with Crippen LogP contribution in [0.15, 0.2) is 54.7 Å². The Bertz CT molecular complexity index is 982. The Labute approximate surface area is 158 Å². The average Bonchev–Trinajstić information content (AvgIpc) is 3.05. The van der Waals surface area contributed by atoms with Crippen molar-refractivity contribution in [3.8, 4) is 0 Å². The van der Waals surface area contributed by atoms with Gasteiger partial charge in [-0.1, -0.05) is 18.2 Å².